The Labute approximate surface area is 171 Å². The lowest BCUT2D eigenvalue weighted by molar-refractivity contribution is 0.0732. The highest BCUT2D eigenvalue weighted by Crippen LogP contribution is 2.43. The highest BCUT2D eigenvalue weighted by Gasteiger charge is 2.36. The molecule has 0 radical (unpaired) electrons. The number of methoxy groups -OCH3 is 1. The Morgan fingerprint density at radius 3 is 2.71 bits per heavy atom. The monoisotopic (exact) mass is 509 g/mol. The van der Waals surface area contributed by atoms with Crippen LogP contribution in [-0.2, 0) is 11.3 Å². The first-order chi connectivity index (χ1) is 11.2. The van der Waals surface area contributed by atoms with E-state index in [1.54, 1.807) is 7.11 Å². The summed E-state index contributed by atoms with van der Waals surface area (Å²) in [5, 5.41) is 6.87. The van der Waals surface area contributed by atoms with E-state index in [9.17, 15) is 0 Å². The normalized spacial score (nSPS) is 16.0. The second-order valence-corrected chi connectivity index (χ2v) is 7.19. The Morgan fingerprint density at radius 2 is 2.12 bits per heavy atom. The quantitative estimate of drug-likeness (QED) is 0.311. The maximum absolute atomic E-state index is 5.27. The summed E-state index contributed by atoms with van der Waals surface area (Å²) in [4.78, 5) is 4.71. The Bertz CT molecular complexity index is 521. The van der Waals surface area contributed by atoms with E-state index in [-0.39, 0.29) is 24.0 Å². The Kier molecular flexibility index (Phi) is 10.2. The Balaban J connectivity index is 0.00000288. The van der Waals surface area contributed by atoms with Gasteiger partial charge in [-0.05, 0) is 49.3 Å². The van der Waals surface area contributed by atoms with Crippen LogP contribution >= 0.6 is 39.9 Å². The third-order valence-electron chi connectivity index (χ3n) is 4.53. The standard InChI is InChI=1S/C18H28BrN3O.HI/c1-3-20-17(21-13-15-6-4-7-16(19)12-15)22-14-18(8-5-9-18)10-11-23-2;/h4,6-7,12H,3,5,8-11,13-14H2,1-2H3,(H2,20,21,22);1H. The van der Waals surface area contributed by atoms with E-state index in [0.29, 0.717) is 12.0 Å². The minimum atomic E-state index is 0. The van der Waals surface area contributed by atoms with Gasteiger partial charge >= 0.3 is 0 Å². The van der Waals surface area contributed by atoms with Crippen LogP contribution in [0.15, 0.2) is 33.7 Å². The van der Waals surface area contributed by atoms with Crippen LogP contribution in [0.25, 0.3) is 0 Å². The minimum absolute atomic E-state index is 0. The lowest BCUT2D eigenvalue weighted by Crippen LogP contribution is -2.46. The molecule has 1 aromatic rings. The summed E-state index contributed by atoms with van der Waals surface area (Å²) in [6.45, 7) is 5.46. The van der Waals surface area contributed by atoms with Gasteiger partial charge in [-0.2, -0.15) is 0 Å². The molecule has 1 fully saturated rings. The van der Waals surface area contributed by atoms with Gasteiger partial charge in [0.05, 0.1) is 6.54 Å². The molecule has 1 aromatic carbocycles. The fourth-order valence-electron chi connectivity index (χ4n) is 2.93. The zero-order valence-corrected chi connectivity index (χ0v) is 18.5. The maximum Gasteiger partial charge on any atom is 0.191 e. The van der Waals surface area contributed by atoms with Crippen LogP contribution in [0.5, 0.6) is 0 Å². The first-order valence-corrected chi connectivity index (χ1v) is 9.22. The molecule has 2 N–H and O–H groups in total. The van der Waals surface area contributed by atoms with Gasteiger partial charge in [-0.15, -0.1) is 24.0 Å². The van der Waals surface area contributed by atoms with Crippen molar-refractivity contribution < 1.29 is 4.74 Å². The van der Waals surface area contributed by atoms with Crippen LogP contribution in [0, 0.1) is 5.41 Å². The number of nitrogens with one attached hydrogen (secondary N) is 2. The molecular formula is C18H29BrIN3O. The van der Waals surface area contributed by atoms with Crippen molar-refractivity contribution in [3.8, 4) is 0 Å². The Hall–Kier alpha value is -0.340. The second-order valence-electron chi connectivity index (χ2n) is 6.27. The average Bonchev–Trinajstić information content (AvgIpc) is 2.51. The van der Waals surface area contributed by atoms with Crippen molar-refractivity contribution in [1.82, 2.24) is 10.6 Å². The molecule has 1 aliphatic rings. The van der Waals surface area contributed by atoms with E-state index in [4.69, 9.17) is 9.73 Å². The fourth-order valence-corrected chi connectivity index (χ4v) is 3.38. The summed E-state index contributed by atoms with van der Waals surface area (Å²) < 4.78 is 6.36. The van der Waals surface area contributed by atoms with Crippen LogP contribution in [0.3, 0.4) is 0 Å². The summed E-state index contributed by atoms with van der Waals surface area (Å²) >= 11 is 3.51. The first kappa shape index (κ1) is 21.7. The molecule has 0 atom stereocenters. The molecule has 0 spiro atoms. The van der Waals surface area contributed by atoms with Gasteiger partial charge in [0.1, 0.15) is 0 Å². The number of halogens is 2. The molecule has 0 heterocycles. The SMILES string of the molecule is CCNC(=NCc1cccc(Br)c1)NCC1(CCOC)CCC1.I. The van der Waals surface area contributed by atoms with Crippen molar-refractivity contribution in [2.45, 2.75) is 39.2 Å². The summed E-state index contributed by atoms with van der Waals surface area (Å²) in [5.74, 6) is 0.899. The number of hydrogen-bond donors (Lipinski definition) is 2. The number of nitrogens with zero attached hydrogens (tertiary/aromatic N) is 1. The van der Waals surface area contributed by atoms with E-state index >= 15 is 0 Å². The first-order valence-electron chi connectivity index (χ1n) is 8.43. The molecule has 0 bridgehead atoms. The topological polar surface area (TPSA) is 45.7 Å². The molecule has 0 unspecified atom stereocenters. The number of benzene rings is 1. The van der Waals surface area contributed by atoms with Crippen molar-refractivity contribution in [3.05, 3.63) is 34.3 Å². The van der Waals surface area contributed by atoms with Gasteiger partial charge in [-0.3, -0.25) is 0 Å². The van der Waals surface area contributed by atoms with Crippen molar-refractivity contribution in [1.29, 1.82) is 0 Å². The number of aliphatic imine (C=N–C) groups is 1. The molecule has 0 aromatic heterocycles. The van der Waals surface area contributed by atoms with Gasteiger partial charge in [0.25, 0.3) is 0 Å². The fraction of sp³-hybridized carbons (Fsp3) is 0.611. The zero-order chi connectivity index (χ0) is 16.5. The molecule has 0 saturated heterocycles. The van der Waals surface area contributed by atoms with Crippen LogP contribution < -0.4 is 10.6 Å². The predicted octanol–water partition coefficient (Wildman–Crippen LogP) is 4.33. The predicted molar refractivity (Wildman–Crippen MR) is 115 cm³/mol. The molecule has 0 amide bonds. The number of rotatable bonds is 8. The van der Waals surface area contributed by atoms with Gasteiger partial charge in [0.15, 0.2) is 5.96 Å². The number of guanidine groups is 1. The van der Waals surface area contributed by atoms with E-state index in [1.165, 1.54) is 24.8 Å². The molecule has 2 rings (SSSR count). The molecule has 1 saturated carbocycles. The lowest BCUT2D eigenvalue weighted by Gasteiger charge is -2.42. The van der Waals surface area contributed by atoms with Gasteiger partial charge in [0.2, 0.25) is 0 Å². The van der Waals surface area contributed by atoms with Crippen molar-refractivity contribution in [2.75, 3.05) is 26.8 Å². The van der Waals surface area contributed by atoms with Crippen molar-refractivity contribution >= 4 is 45.9 Å². The molecular weight excluding hydrogens is 481 g/mol. The molecule has 4 nitrogen and oxygen atoms in total. The molecule has 24 heavy (non-hydrogen) atoms. The molecule has 1 aliphatic carbocycles. The van der Waals surface area contributed by atoms with Gasteiger partial charge in [-0.25, -0.2) is 4.99 Å². The lowest BCUT2D eigenvalue weighted by atomic mass is 9.67. The van der Waals surface area contributed by atoms with Crippen LogP contribution in [0.4, 0.5) is 0 Å². The smallest absolute Gasteiger partial charge is 0.191 e. The minimum Gasteiger partial charge on any atom is -0.385 e. The summed E-state index contributed by atoms with van der Waals surface area (Å²) in [6.07, 6.45) is 5.03. The second kappa shape index (κ2) is 11.3. The summed E-state index contributed by atoms with van der Waals surface area (Å²) in [5.41, 5.74) is 1.59. The Morgan fingerprint density at radius 1 is 1.33 bits per heavy atom. The van der Waals surface area contributed by atoms with E-state index < -0.39 is 0 Å². The third-order valence-corrected chi connectivity index (χ3v) is 5.03. The van der Waals surface area contributed by atoms with E-state index in [0.717, 1.165) is 36.5 Å². The van der Waals surface area contributed by atoms with E-state index in [2.05, 4.69) is 45.6 Å². The van der Waals surface area contributed by atoms with Gasteiger partial charge < -0.3 is 15.4 Å². The van der Waals surface area contributed by atoms with Crippen LogP contribution in [0.2, 0.25) is 0 Å². The largest absolute Gasteiger partial charge is 0.385 e. The average molecular weight is 510 g/mol. The summed E-state index contributed by atoms with van der Waals surface area (Å²) in [7, 11) is 1.78. The van der Waals surface area contributed by atoms with Crippen LogP contribution in [-0.4, -0.2) is 32.8 Å². The van der Waals surface area contributed by atoms with Gasteiger partial charge in [-0.1, -0.05) is 34.5 Å². The van der Waals surface area contributed by atoms with E-state index in [1.807, 2.05) is 12.1 Å². The number of hydrogen-bond acceptors (Lipinski definition) is 2. The van der Waals surface area contributed by atoms with Crippen LogP contribution in [0.1, 0.15) is 38.2 Å². The molecule has 136 valence electrons. The third kappa shape index (κ3) is 6.88. The van der Waals surface area contributed by atoms with Crippen molar-refractivity contribution in [2.24, 2.45) is 10.4 Å². The number of ether oxygens (including phenoxy) is 1. The summed E-state index contributed by atoms with van der Waals surface area (Å²) in [6, 6.07) is 8.29. The molecule has 6 heteroatoms. The van der Waals surface area contributed by atoms with Crippen molar-refractivity contribution in [3.63, 3.8) is 0 Å². The maximum atomic E-state index is 5.27. The zero-order valence-electron chi connectivity index (χ0n) is 14.6. The highest BCUT2D eigenvalue weighted by molar-refractivity contribution is 14.0. The molecule has 0 aliphatic heterocycles. The highest BCUT2D eigenvalue weighted by atomic mass is 127. The van der Waals surface area contributed by atoms with Gasteiger partial charge in [0, 0.05) is 31.3 Å².